The maximum absolute atomic E-state index is 12.1. The number of sulfonamides is 1. The number of hydrogen-bond donors (Lipinski definition) is 1. The first-order chi connectivity index (χ1) is 12.4. The summed E-state index contributed by atoms with van der Waals surface area (Å²) in [7, 11) is -3.77. The molecule has 2 aromatic rings. The summed E-state index contributed by atoms with van der Waals surface area (Å²) >= 11 is 0. The van der Waals surface area contributed by atoms with Crippen molar-refractivity contribution in [1.82, 2.24) is 4.72 Å². The van der Waals surface area contributed by atoms with E-state index in [1.165, 1.54) is 24.3 Å². The third kappa shape index (κ3) is 5.34. The van der Waals surface area contributed by atoms with Gasteiger partial charge in [0, 0.05) is 0 Å². The summed E-state index contributed by atoms with van der Waals surface area (Å²) in [6, 6.07) is 13.1. The van der Waals surface area contributed by atoms with E-state index in [4.69, 9.17) is 15.9 Å². The van der Waals surface area contributed by atoms with Crippen LogP contribution in [-0.2, 0) is 14.8 Å². The van der Waals surface area contributed by atoms with Gasteiger partial charge < -0.3 is 9.47 Å². The topological polar surface area (TPSA) is 81.7 Å². The summed E-state index contributed by atoms with van der Waals surface area (Å²) in [5, 5.41) is 0. The summed E-state index contributed by atoms with van der Waals surface area (Å²) in [5.74, 6) is 2.27. The van der Waals surface area contributed by atoms with Crippen LogP contribution in [0.1, 0.15) is 15.9 Å². The van der Waals surface area contributed by atoms with E-state index in [1.807, 2.05) is 31.2 Å². The lowest BCUT2D eigenvalue weighted by atomic mass is 10.2. The minimum atomic E-state index is -3.77. The van der Waals surface area contributed by atoms with Crippen LogP contribution in [0.2, 0.25) is 0 Å². The molecule has 0 aliphatic carbocycles. The van der Waals surface area contributed by atoms with E-state index >= 15 is 0 Å². The number of para-hydroxylation sites is 1. The molecule has 136 valence electrons. The van der Waals surface area contributed by atoms with Gasteiger partial charge >= 0.3 is 5.97 Å². The molecule has 0 bridgehead atoms. The first kappa shape index (κ1) is 19.5. The molecule has 0 saturated carbocycles. The monoisotopic (exact) mass is 373 g/mol. The van der Waals surface area contributed by atoms with Gasteiger partial charge in [-0.25, -0.2) is 13.2 Å². The zero-order chi connectivity index (χ0) is 19.0. The summed E-state index contributed by atoms with van der Waals surface area (Å²) < 4.78 is 37.0. The van der Waals surface area contributed by atoms with Crippen molar-refractivity contribution in [3.8, 4) is 18.1 Å². The molecule has 0 radical (unpaired) electrons. The molecule has 0 fully saturated rings. The summed E-state index contributed by atoms with van der Waals surface area (Å²) in [4.78, 5) is 12.0. The Hall–Kier alpha value is -2.82. The molecule has 2 rings (SSSR count). The predicted octanol–water partition coefficient (Wildman–Crippen LogP) is 2.14. The third-order valence-electron chi connectivity index (χ3n) is 3.41. The molecule has 0 heterocycles. The highest BCUT2D eigenvalue weighted by Crippen LogP contribution is 2.16. The van der Waals surface area contributed by atoms with Crippen LogP contribution in [0.25, 0.3) is 0 Å². The molecule has 0 aliphatic rings. The minimum Gasteiger partial charge on any atom is -0.490 e. The van der Waals surface area contributed by atoms with Crippen LogP contribution in [0.4, 0.5) is 0 Å². The Morgan fingerprint density at radius 1 is 1.15 bits per heavy atom. The van der Waals surface area contributed by atoms with E-state index < -0.39 is 16.0 Å². The van der Waals surface area contributed by atoms with E-state index in [2.05, 4.69) is 10.6 Å². The zero-order valence-electron chi connectivity index (χ0n) is 14.3. The first-order valence-corrected chi connectivity index (χ1v) is 9.31. The first-order valence-electron chi connectivity index (χ1n) is 7.83. The predicted molar refractivity (Wildman–Crippen MR) is 97.4 cm³/mol. The fourth-order valence-corrected chi connectivity index (χ4v) is 3.08. The van der Waals surface area contributed by atoms with Gasteiger partial charge in [0.25, 0.3) is 0 Å². The average Bonchev–Trinajstić information content (AvgIpc) is 2.65. The van der Waals surface area contributed by atoms with Gasteiger partial charge in [0.15, 0.2) is 0 Å². The van der Waals surface area contributed by atoms with Crippen molar-refractivity contribution in [1.29, 1.82) is 0 Å². The van der Waals surface area contributed by atoms with Gasteiger partial charge in [-0.05, 0) is 36.8 Å². The number of benzene rings is 2. The standard InChI is InChI=1S/C19H19NO5S/c1-3-11-20-26(22,23)17-9-6-8-16(14-17)19(21)25-13-12-24-18-10-5-4-7-15(18)2/h1,4-10,14,20H,11-13H2,2H3. The quantitative estimate of drug-likeness (QED) is 0.436. The average molecular weight is 373 g/mol. The molecule has 0 amide bonds. The smallest absolute Gasteiger partial charge is 0.338 e. The van der Waals surface area contributed by atoms with Crippen LogP contribution in [0.5, 0.6) is 5.75 Å². The molecular formula is C19H19NO5S. The fourth-order valence-electron chi connectivity index (χ4n) is 2.10. The summed E-state index contributed by atoms with van der Waals surface area (Å²) in [6.45, 7) is 2.02. The van der Waals surface area contributed by atoms with Crippen molar-refractivity contribution >= 4 is 16.0 Å². The van der Waals surface area contributed by atoms with E-state index in [0.29, 0.717) is 0 Å². The molecular weight excluding hydrogens is 354 g/mol. The van der Waals surface area contributed by atoms with Gasteiger partial charge in [-0.1, -0.05) is 30.2 Å². The number of rotatable bonds is 8. The normalized spacial score (nSPS) is 10.8. The van der Waals surface area contributed by atoms with Crippen molar-refractivity contribution in [3.63, 3.8) is 0 Å². The molecule has 0 aromatic heterocycles. The summed E-state index contributed by atoms with van der Waals surface area (Å²) in [6.07, 6.45) is 5.05. The molecule has 2 aromatic carbocycles. The second-order valence-electron chi connectivity index (χ2n) is 5.31. The fraction of sp³-hybridized carbons (Fsp3) is 0.211. The van der Waals surface area contributed by atoms with Crippen LogP contribution in [0.3, 0.4) is 0 Å². The number of carbonyl (C=O) groups excluding carboxylic acids is 1. The maximum Gasteiger partial charge on any atom is 0.338 e. The van der Waals surface area contributed by atoms with Crippen molar-refractivity contribution in [2.45, 2.75) is 11.8 Å². The van der Waals surface area contributed by atoms with Crippen molar-refractivity contribution in [2.24, 2.45) is 0 Å². The maximum atomic E-state index is 12.1. The Morgan fingerprint density at radius 3 is 2.65 bits per heavy atom. The molecule has 0 saturated heterocycles. The van der Waals surface area contributed by atoms with E-state index in [1.54, 1.807) is 0 Å². The van der Waals surface area contributed by atoms with Crippen LogP contribution in [-0.4, -0.2) is 34.1 Å². The summed E-state index contributed by atoms with van der Waals surface area (Å²) in [5.41, 5.74) is 1.11. The Bertz CT molecular complexity index is 916. The van der Waals surface area contributed by atoms with Crippen molar-refractivity contribution in [3.05, 3.63) is 59.7 Å². The zero-order valence-corrected chi connectivity index (χ0v) is 15.1. The Kier molecular flexibility index (Phi) is 6.78. The van der Waals surface area contributed by atoms with Gasteiger partial charge in [-0.15, -0.1) is 6.42 Å². The van der Waals surface area contributed by atoms with Crippen LogP contribution < -0.4 is 9.46 Å². The van der Waals surface area contributed by atoms with Crippen LogP contribution in [0, 0.1) is 19.3 Å². The van der Waals surface area contributed by atoms with Gasteiger partial charge in [0.1, 0.15) is 19.0 Å². The van der Waals surface area contributed by atoms with E-state index in [-0.39, 0.29) is 30.2 Å². The molecule has 1 N–H and O–H groups in total. The Morgan fingerprint density at radius 2 is 1.92 bits per heavy atom. The Labute approximate surface area is 153 Å². The largest absolute Gasteiger partial charge is 0.490 e. The lowest BCUT2D eigenvalue weighted by molar-refractivity contribution is 0.0450. The second-order valence-corrected chi connectivity index (χ2v) is 7.07. The van der Waals surface area contributed by atoms with Crippen LogP contribution >= 0.6 is 0 Å². The molecule has 26 heavy (non-hydrogen) atoms. The van der Waals surface area contributed by atoms with Gasteiger partial charge in [-0.2, -0.15) is 4.72 Å². The number of nitrogens with one attached hydrogen (secondary N) is 1. The highest BCUT2D eigenvalue weighted by Gasteiger charge is 2.16. The number of terminal acetylenes is 1. The Balaban J connectivity index is 1.93. The molecule has 0 spiro atoms. The van der Waals surface area contributed by atoms with Gasteiger partial charge in [0.05, 0.1) is 17.0 Å². The molecule has 0 unspecified atom stereocenters. The lowest BCUT2D eigenvalue weighted by Crippen LogP contribution is -2.24. The number of esters is 1. The molecule has 6 nitrogen and oxygen atoms in total. The number of hydrogen-bond acceptors (Lipinski definition) is 5. The lowest BCUT2D eigenvalue weighted by Gasteiger charge is -2.10. The highest BCUT2D eigenvalue weighted by molar-refractivity contribution is 7.89. The molecule has 0 atom stereocenters. The molecule has 7 heteroatoms. The second kappa shape index (κ2) is 9.04. The third-order valence-corrected chi connectivity index (χ3v) is 4.81. The number of aryl methyl sites for hydroxylation is 1. The van der Waals surface area contributed by atoms with E-state index in [0.717, 1.165) is 11.3 Å². The highest BCUT2D eigenvalue weighted by atomic mass is 32.2. The number of carbonyl (C=O) groups is 1. The van der Waals surface area contributed by atoms with Crippen LogP contribution in [0.15, 0.2) is 53.4 Å². The van der Waals surface area contributed by atoms with E-state index in [9.17, 15) is 13.2 Å². The number of ether oxygens (including phenoxy) is 2. The molecule has 0 aliphatic heterocycles. The minimum absolute atomic E-state index is 0.0412. The van der Waals surface area contributed by atoms with Crippen molar-refractivity contribution < 1.29 is 22.7 Å². The van der Waals surface area contributed by atoms with Gasteiger partial charge in [0.2, 0.25) is 10.0 Å². The SMILES string of the molecule is C#CCNS(=O)(=O)c1cccc(C(=O)OCCOc2ccccc2C)c1. The van der Waals surface area contributed by atoms with Gasteiger partial charge in [-0.3, -0.25) is 0 Å². The van der Waals surface area contributed by atoms with Crippen molar-refractivity contribution in [2.75, 3.05) is 19.8 Å².